The Morgan fingerprint density at radius 2 is 2.00 bits per heavy atom. The monoisotopic (exact) mass is 256 g/mol. The largest absolute Gasteiger partial charge is 0.332 e. The van der Waals surface area contributed by atoms with Crippen LogP contribution in [0.5, 0.6) is 0 Å². The molecule has 2 aromatic heterocycles. The first-order valence-electron chi connectivity index (χ1n) is 5.48. The molecule has 0 saturated heterocycles. The van der Waals surface area contributed by atoms with Gasteiger partial charge >= 0.3 is 11.4 Å². The molecule has 94 valence electrons. The molecule has 7 nitrogen and oxygen atoms in total. The van der Waals surface area contributed by atoms with E-state index in [9.17, 15) is 14.9 Å². The van der Waals surface area contributed by atoms with Crippen molar-refractivity contribution in [1.29, 1.82) is 0 Å². The molecule has 0 bridgehead atoms. The molecule has 1 N–H and O–H groups in total. The summed E-state index contributed by atoms with van der Waals surface area (Å²) >= 11 is 0. The number of imidazole rings is 1. The second kappa shape index (κ2) is 4.05. The summed E-state index contributed by atoms with van der Waals surface area (Å²) in [6.45, 7) is 0. The lowest BCUT2D eigenvalue weighted by molar-refractivity contribution is -0.384. The number of nitrogens with one attached hydrogen (secondary N) is 1. The summed E-state index contributed by atoms with van der Waals surface area (Å²) in [6.07, 6.45) is 1.41. The van der Waals surface area contributed by atoms with Crippen LogP contribution in [-0.2, 0) is 0 Å². The normalized spacial score (nSPS) is 10.7. The molecule has 0 spiro atoms. The van der Waals surface area contributed by atoms with Gasteiger partial charge in [-0.25, -0.2) is 14.3 Å². The molecule has 0 aliphatic rings. The molecule has 7 heteroatoms. The summed E-state index contributed by atoms with van der Waals surface area (Å²) in [5, 5.41) is 11.0. The van der Waals surface area contributed by atoms with Gasteiger partial charge in [-0.2, -0.15) is 0 Å². The molecule has 0 aliphatic heterocycles. The lowest BCUT2D eigenvalue weighted by Gasteiger charge is -2.02. The highest BCUT2D eigenvalue weighted by atomic mass is 16.6. The Labute approximate surface area is 106 Å². The summed E-state index contributed by atoms with van der Waals surface area (Å²) in [6, 6.07) is 9.72. The zero-order chi connectivity index (χ0) is 13.4. The zero-order valence-corrected chi connectivity index (χ0v) is 9.61. The molecule has 3 rings (SSSR count). The van der Waals surface area contributed by atoms with Crippen molar-refractivity contribution in [2.75, 3.05) is 0 Å². The van der Waals surface area contributed by atoms with Crippen molar-refractivity contribution >= 4 is 16.7 Å². The van der Waals surface area contributed by atoms with Crippen LogP contribution < -0.4 is 5.69 Å². The third-order valence-electron chi connectivity index (χ3n) is 2.76. The van der Waals surface area contributed by atoms with E-state index in [4.69, 9.17) is 0 Å². The van der Waals surface area contributed by atoms with Crippen molar-refractivity contribution in [2.24, 2.45) is 0 Å². The highest BCUT2D eigenvalue weighted by Crippen LogP contribution is 2.21. The van der Waals surface area contributed by atoms with E-state index in [1.165, 1.54) is 22.9 Å². The van der Waals surface area contributed by atoms with Crippen LogP contribution in [0.15, 0.2) is 47.4 Å². The lowest BCUT2D eigenvalue weighted by atomic mass is 10.3. The van der Waals surface area contributed by atoms with Crippen LogP contribution in [0.25, 0.3) is 16.9 Å². The molecule has 0 atom stereocenters. The minimum atomic E-state index is -0.559. The smallest absolute Gasteiger partial charge is 0.305 e. The first kappa shape index (κ1) is 11.1. The van der Waals surface area contributed by atoms with Crippen molar-refractivity contribution < 1.29 is 4.92 Å². The zero-order valence-electron chi connectivity index (χ0n) is 9.61. The first-order valence-corrected chi connectivity index (χ1v) is 5.48. The minimum absolute atomic E-state index is 0.00921. The number of hydrogen-bond donors (Lipinski definition) is 1. The maximum Gasteiger partial charge on any atom is 0.332 e. The van der Waals surface area contributed by atoms with Gasteiger partial charge in [-0.1, -0.05) is 12.1 Å². The summed E-state index contributed by atoms with van der Waals surface area (Å²) in [7, 11) is 0. The Morgan fingerprint density at radius 3 is 2.79 bits per heavy atom. The van der Waals surface area contributed by atoms with Crippen LogP contribution in [0.4, 0.5) is 5.69 Å². The molecule has 0 radical (unpaired) electrons. The Bertz CT molecular complexity index is 834. The molecule has 0 aliphatic carbocycles. The van der Waals surface area contributed by atoms with Crippen molar-refractivity contribution in [3.8, 4) is 5.82 Å². The van der Waals surface area contributed by atoms with E-state index >= 15 is 0 Å². The van der Waals surface area contributed by atoms with Gasteiger partial charge < -0.3 is 4.98 Å². The van der Waals surface area contributed by atoms with Gasteiger partial charge in [-0.15, -0.1) is 0 Å². The summed E-state index contributed by atoms with van der Waals surface area (Å²) in [5.41, 5.74) is 0.485. The van der Waals surface area contributed by atoms with E-state index < -0.39 is 10.6 Å². The number of para-hydroxylation sites is 2. The third kappa shape index (κ3) is 1.68. The van der Waals surface area contributed by atoms with Gasteiger partial charge in [0.2, 0.25) is 5.82 Å². The summed E-state index contributed by atoms with van der Waals surface area (Å²) < 4.78 is 1.20. The van der Waals surface area contributed by atoms with E-state index in [1.54, 1.807) is 24.3 Å². The fraction of sp³-hybridized carbons (Fsp3) is 0. The van der Waals surface area contributed by atoms with Crippen molar-refractivity contribution in [2.45, 2.75) is 0 Å². The molecule has 0 saturated carbocycles. The van der Waals surface area contributed by atoms with Crippen molar-refractivity contribution in [3.05, 3.63) is 63.2 Å². The van der Waals surface area contributed by atoms with Crippen LogP contribution in [-0.4, -0.2) is 19.5 Å². The van der Waals surface area contributed by atoms with E-state index in [0.717, 1.165) is 0 Å². The summed E-state index contributed by atoms with van der Waals surface area (Å²) in [5.74, 6) is 0.00921. The van der Waals surface area contributed by atoms with Gasteiger partial charge in [0.05, 0.1) is 16.0 Å². The molecule has 19 heavy (non-hydrogen) atoms. The number of H-pyrrole nitrogens is 1. The molecule has 0 amide bonds. The molecule has 0 unspecified atom stereocenters. The number of nitrogens with zero attached hydrogens (tertiary/aromatic N) is 3. The van der Waals surface area contributed by atoms with E-state index in [-0.39, 0.29) is 11.5 Å². The second-order valence-corrected chi connectivity index (χ2v) is 3.89. The van der Waals surface area contributed by atoms with Crippen LogP contribution in [0.3, 0.4) is 0 Å². The van der Waals surface area contributed by atoms with E-state index in [2.05, 4.69) is 9.97 Å². The summed E-state index contributed by atoms with van der Waals surface area (Å²) in [4.78, 5) is 29.0. The third-order valence-corrected chi connectivity index (χ3v) is 2.76. The molecule has 3 aromatic rings. The second-order valence-electron chi connectivity index (χ2n) is 3.89. The molecule has 2 heterocycles. The highest BCUT2D eigenvalue weighted by molar-refractivity contribution is 5.77. The number of hydrogen-bond acceptors (Lipinski definition) is 4. The van der Waals surface area contributed by atoms with Gasteiger partial charge in [0.15, 0.2) is 0 Å². The number of fused-ring (bicyclic) bond motifs is 1. The van der Waals surface area contributed by atoms with E-state index in [0.29, 0.717) is 11.0 Å². The number of aromatic nitrogens is 3. The van der Waals surface area contributed by atoms with Crippen LogP contribution in [0, 0.1) is 10.1 Å². The number of nitro groups is 1. The topological polar surface area (TPSA) is 93.8 Å². The van der Waals surface area contributed by atoms with Gasteiger partial charge in [0, 0.05) is 12.3 Å². The number of aromatic amines is 1. The average Bonchev–Trinajstić information content (AvgIpc) is 2.74. The molecule has 0 fully saturated rings. The highest BCUT2D eigenvalue weighted by Gasteiger charge is 2.19. The standard InChI is InChI=1S/C12H8N4O3/c17-12-14-8-4-1-2-5-9(8)15(12)11-10(16(18)19)6-3-7-13-11/h1-7H,(H,14,17). The van der Waals surface area contributed by atoms with E-state index in [1.807, 2.05) is 0 Å². The van der Waals surface area contributed by atoms with Gasteiger partial charge in [0.1, 0.15) is 0 Å². The Morgan fingerprint density at radius 1 is 1.21 bits per heavy atom. The van der Waals surface area contributed by atoms with Crippen LogP contribution in [0.1, 0.15) is 0 Å². The fourth-order valence-corrected chi connectivity index (χ4v) is 1.97. The number of rotatable bonds is 2. The van der Waals surface area contributed by atoms with Gasteiger partial charge in [-0.3, -0.25) is 10.1 Å². The van der Waals surface area contributed by atoms with Crippen molar-refractivity contribution in [1.82, 2.24) is 14.5 Å². The number of benzene rings is 1. The average molecular weight is 256 g/mol. The number of pyridine rings is 1. The lowest BCUT2D eigenvalue weighted by Crippen LogP contribution is -2.17. The minimum Gasteiger partial charge on any atom is -0.305 e. The van der Waals surface area contributed by atoms with Gasteiger partial charge in [0.25, 0.3) is 0 Å². The van der Waals surface area contributed by atoms with Gasteiger partial charge in [-0.05, 0) is 18.2 Å². The molecular formula is C12H8N4O3. The quantitative estimate of drug-likeness (QED) is 0.556. The fourth-order valence-electron chi connectivity index (χ4n) is 1.97. The van der Waals surface area contributed by atoms with Crippen molar-refractivity contribution in [3.63, 3.8) is 0 Å². The Hall–Kier alpha value is -2.96. The predicted molar refractivity (Wildman–Crippen MR) is 68.3 cm³/mol. The first-order chi connectivity index (χ1) is 9.18. The maximum absolute atomic E-state index is 12.0. The Balaban J connectivity index is 2.40. The maximum atomic E-state index is 12.0. The van der Waals surface area contributed by atoms with Crippen LogP contribution in [0.2, 0.25) is 0 Å². The molecular weight excluding hydrogens is 248 g/mol. The predicted octanol–water partition coefficient (Wildman–Crippen LogP) is 1.62. The Kier molecular flexibility index (Phi) is 2.38. The molecule has 1 aromatic carbocycles. The SMILES string of the molecule is O=c1[nH]c2ccccc2n1-c1ncccc1[N+](=O)[O-]. The van der Waals surface area contributed by atoms with Crippen LogP contribution >= 0.6 is 0 Å².